The number of hydrogen-bond donors (Lipinski definition) is 2. The molecule has 1 atom stereocenters. The van der Waals surface area contributed by atoms with Crippen LogP contribution in [0.25, 0.3) is 0 Å². The van der Waals surface area contributed by atoms with Gasteiger partial charge in [0, 0.05) is 11.1 Å². The first-order chi connectivity index (χ1) is 8.06. The second-order valence-electron chi connectivity index (χ2n) is 4.65. The standard InChI is InChI=1S/C13H16ClNO2/c1-8(13(16)17)15-12-6-10(7-12)9-3-2-4-11(14)5-9/h2-5,8,10,12,15H,6-7H2,1H3,(H,16,17)/t8-,10?,12?/m0/s1. The maximum Gasteiger partial charge on any atom is 0.320 e. The predicted octanol–water partition coefficient (Wildman–Crippen LogP) is 2.65. The Labute approximate surface area is 106 Å². The van der Waals surface area contributed by atoms with Crippen molar-refractivity contribution in [1.82, 2.24) is 5.32 Å². The summed E-state index contributed by atoms with van der Waals surface area (Å²) in [4.78, 5) is 10.7. The quantitative estimate of drug-likeness (QED) is 0.867. The van der Waals surface area contributed by atoms with Gasteiger partial charge in [0.05, 0.1) is 0 Å². The Morgan fingerprint density at radius 2 is 2.24 bits per heavy atom. The molecule has 4 heteroatoms. The number of carboxylic acid groups (broad SMARTS) is 1. The lowest BCUT2D eigenvalue weighted by Gasteiger charge is -2.37. The summed E-state index contributed by atoms with van der Waals surface area (Å²) in [7, 11) is 0. The van der Waals surface area contributed by atoms with Gasteiger partial charge in [-0.25, -0.2) is 0 Å². The summed E-state index contributed by atoms with van der Waals surface area (Å²) >= 11 is 5.94. The highest BCUT2D eigenvalue weighted by molar-refractivity contribution is 6.30. The van der Waals surface area contributed by atoms with E-state index in [-0.39, 0.29) is 0 Å². The van der Waals surface area contributed by atoms with Crippen LogP contribution < -0.4 is 5.32 Å². The van der Waals surface area contributed by atoms with Gasteiger partial charge in [-0.05, 0) is 43.4 Å². The largest absolute Gasteiger partial charge is 0.480 e. The lowest BCUT2D eigenvalue weighted by Crippen LogP contribution is -2.47. The third-order valence-corrected chi connectivity index (χ3v) is 3.55. The highest BCUT2D eigenvalue weighted by atomic mass is 35.5. The zero-order valence-corrected chi connectivity index (χ0v) is 10.4. The Morgan fingerprint density at radius 1 is 1.53 bits per heavy atom. The number of aliphatic carboxylic acids is 1. The van der Waals surface area contributed by atoms with Crippen LogP contribution in [0.5, 0.6) is 0 Å². The van der Waals surface area contributed by atoms with E-state index in [9.17, 15) is 4.79 Å². The fraction of sp³-hybridized carbons (Fsp3) is 0.462. The number of rotatable bonds is 4. The first-order valence-electron chi connectivity index (χ1n) is 5.80. The van der Waals surface area contributed by atoms with Crippen molar-refractivity contribution in [2.45, 2.75) is 37.8 Å². The molecule has 3 nitrogen and oxygen atoms in total. The van der Waals surface area contributed by atoms with Crippen LogP contribution in [-0.4, -0.2) is 23.2 Å². The summed E-state index contributed by atoms with van der Waals surface area (Å²) in [5.74, 6) is -0.289. The Hall–Kier alpha value is -1.06. The summed E-state index contributed by atoms with van der Waals surface area (Å²) in [6.45, 7) is 1.68. The molecular formula is C13H16ClNO2. The number of hydrogen-bond acceptors (Lipinski definition) is 2. The summed E-state index contributed by atoms with van der Waals surface area (Å²) in [6.07, 6.45) is 1.97. The molecule has 0 bridgehead atoms. The number of halogens is 1. The summed E-state index contributed by atoms with van der Waals surface area (Å²) in [6, 6.07) is 7.73. The van der Waals surface area contributed by atoms with Gasteiger partial charge in [-0.15, -0.1) is 0 Å². The SMILES string of the molecule is C[C@H](NC1CC(c2cccc(Cl)c2)C1)C(=O)O. The molecule has 2 N–H and O–H groups in total. The molecule has 1 aromatic rings. The summed E-state index contributed by atoms with van der Waals surface area (Å²) in [5, 5.41) is 12.6. The van der Waals surface area contributed by atoms with E-state index >= 15 is 0 Å². The highest BCUT2D eigenvalue weighted by Gasteiger charge is 2.32. The Balaban J connectivity index is 1.85. The molecule has 1 aromatic carbocycles. The summed E-state index contributed by atoms with van der Waals surface area (Å²) < 4.78 is 0. The lowest BCUT2D eigenvalue weighted by atomic mass is 9.75. The molecule has 1 fully saturated rings. The second-order valence-corrected chi connectivity index (χ2v) is 5.08. The molecule has 0 unspecified atom stereocenters. The van der Waals surface area contributed by atoms with Crippen molar-refractivity contribution in [1.29, 1.82) is 0 Å². The molecule has 0 amide bonds. The average molecular weight is 254 g/mol. The molecular weight excluding hydrogens is 238 g/mol. The third kappa shape index (κ3) is 2.99. The molecule has 0 radical (unpaired) electrons. The first-order valence-corrected chi connectivity index (χ1v) is 6.18. The Kier molecular flexibility index (Phi) is 3.69. The topological polar surface area (TPSA) is 49.3 Å². The van der Waals surface area contributed by atoms with E-state index < -0.39 is 12.0 Å². The zero-order chi connectivity index (χ0) is 12.4. The second kappa shape index (κ2) is 5.07. The molecule has 0 heterocycles. The van der Waals surface area contributed by atoms with Crippen LogP contribution in [-0.2, 0) is 4.79 Å². The van der Waals surface area contributed by atoms with E-state index in [0.717, 1.165) is 17.9 Å². The van der Waals surface area contributed by atoms with Crippen molar-refractivity contribution in [3.8, 4) is 0 Å². The van der Waals surface area contributed by atoms with Crippen molar-refractivity contribution >= 4 is 17.6 Å². The molecule has 1 aliphatic carbocycles. The van der Waals surface area contributed by atoms with Crippen molar-refractivity contribution in [3.63, 3.8) is 0 Å². The Bertz CT molecular complexity index is 416. The van der Waals surface area contributed by atoms with Crippen LogP contribution in [0, 0.1) is 0 Å². The zero-order valence-electron chi connectivity index (χ0n) is 9.69. The molecule has 1 aliphatic rings. The van der Waals surface area contributed by atoms with Gasteiger partial charge >= 0.3 is 5.97 Å². The van der Waals surface area contributed by atoms with Crippen molar-refractivity contribution < 1.29 is 9.90 Å². The Morgan fingerprint density at radius 3 is 2.82 bits per heavy atom. The molecule has 0 saturated heterocycles. The highest BCUT2D eigenvalue weighted by Crippen LogP contribution is 2.37. The number of carboxylic acids is 1. The fourth-order valence-corrected chi connectivity index (χ4v) is 2.41. The van der Waals surface area contributed by atoms with E-state index in [1.54, 1.807) is 6.92 Å². The van der Waals surface area contributed by atoms with E-state index in [4.69, 9.17) is 16.7 Å². The number of benzene rings is 1. The van der Waals surface area contributed by atoms with Gasteiger partial charge in [0.1, 0.15) is 6.04 Å². The fourth-order valence-electron chi connectivity index (χ4n) is 2.21. The van der Waals surface area contributed by atoms with Gasteiger partial charge in [0.15, 0.2) is 0 Å². The maximum absolute atomic E-state index is 10.7. The predicted molar refractivity (Wildman–Crippen MR) is 67.4 cm³/mol. The van der Waals surface area contributed by atoms with Gasteiger partial charge in [0.25, 0.3) is 0 Å². The molecule has 2 rings (SSSR count). The van der Waals surface area contributed by atoms with Gasteiger partial charge in [0.2, 0.25) is 0 Å². The van der Waals surface area contributed by atoms with Gasteiger partial charge < -0.3 is 10.4 Å². The van der Waals surface area contributed by atoms with E-state index in [2.05, 4.69) is 11.4 Å². The molecule has 0 spiro atoms. The molecule has 1 saturated carbocycles. The van der Waals surface area contributed by atoms with Gasteiger partial charge in [-0.1, -0.05) is 23.7 Å². The molecule has 0 aliphatic heterocycles. The summed E-state index contributed by atoms with van der Waals surface area (Å²) in [5.41, 5.74) is 1.25. The van der Waals surface area contributed by atoms with E-state index in [1.165, 1.54) is 5.56 Å². The van der Waals surface area contributed by atoms with Crippen LogP contribution in [0.2, 0.25) is 5.02 Å². The minimum atomic E-state index is -0.795. The van der Waals surface area contributed by atoms with E-state index in [1.807, 2.05) is 18.2 Å². The minimum absolute atomic E-state index is 0.310. The van der Waals surface area contributed by atoms with Crippen LogP contribution in [0.1, 0.15) is 31.2 Å². The minimum Gasteiger partial charge on any atom is -0.480 e. The number of carbonyl (C=O) groups is 1. The third-order valence-electron chi connectivity index (χ3n) is 3.31. The lowest BCUT2D eigenvalue weighted by molar-refractivity contribution is -0.139. The van der Waals surface area contributed by atoms with Crippen molar-refractivity contribution in [2.75, 3.05) is 0 Å². The van der Waals surface area contributed by atoms with E-state index in [0.29, 0.717) is 12.0 Å². The molecule has 17 heavy (non-hydrogen) atoms. The molecule has 0 aromatic heterocycles. The first kappa shape index (κ1) is 12.4. The average Bonchev–Trinajstić information content (AvgIpc) is 2.22. The van der Waals surface area contributed by atoms with Gasteiger partial charge in [-0.3, -0.25) is 4.79 Å². The van der Waals surface area contributed by atoms with Crippen LogP contribution >= 0.6 is 11.6 Å². The van der Waals surface area contributed by atoms with Crippen LogP contribution in [0.15, 0.2) is 24.3 Å². The van der Waals surface area contributed by atoms with Gasteiger partial charge in [-0.2, -0.15) is 0 Å². The van der Waals surface area contributed by atoms with Crippen molar-refractivity contribution in [3.05, 3.63) is 34.9 Å². The number of nitrogens with one attached hydrogen (secondary N) is 1. The van der Waals surface area contributed by atoms with Crippen LogP contribution in [0.3, 0.4) is 0 Å². The maximum atomic E-state index is 10.7. The normalized spacial score (nSPS) is 25.1. The van der Waals surface area contributed by atoms with Crippen molar-refractivity contribution in [2.24, 2.45) is 0 Å². The van der Waals surface area contributed by atoms with Crippen LogP contribution in [0.4, 0.5) is 0 Å². The monoisotopic (exact) mass is 253 g/mol. The molecule has 92 valence electrons. The smallest absolute Gasteiger partial charge is 0.320 e.